The summed E-state index contributed by atoms with van der Waals surface area (Å²) in [7, 11) is 0. The first-order valence-electron chi connectivity index (χ1n) is 8.20. The van der Waals surface area contributed by atoms with E-state index in [9.17, 15) is 4.79 Å². The monoisotopic (exact) mass is 420 g/mol. The SMILES string of the molecule is CC(C)n1ncc2ccc(NC(=O)CC(CN)c3ccc(Br)s3)cc21. The number of carbonyl (C=O) groups excluding carboxylic acids is 1. The third-order valence-corrected chi connectivity index (χ3v) is 5.87. The number of thiophene rings is 1. The number of carbonyl (C=O) groups is 1. The fraction of sp³-hybridized carbons (Fsp3) is 0.333. The molecule has 0 aliphatic rings. The Morgan fingerprint density at radius 1 is 1.36 bits per heavy atom. The smallest absolute Gasteiger partial charge is 0.225 e. The Morgan fingerprint density at radius 2 is 2.16 bits per heavy atom. The summed E-state index contributed by atoms with van der Waals surface area (Å²) in [6.07, 6.45) is 2.21. The van der Waals surface area contributed by atoms with E-state index in [1.165, 1.54) is 0 Å². The molecule has 3 rings (SSSR count). The molecule has 0 aliphatic heterocycles. The second-order valence-corrected chi connectivity index (χ2v) is 8.78. The van der Waals surface area contributed by atoms with Crippen LogP contribution in [0.25, 0.3) is 10.9 Å². The van der Waals surface area contributed by atoms with E-state index in [0.717, 1.165) is 25.3 Å². The van der Waals surface area contributed by atoms with Crippen LogP contribution in [0.5, 0.6) is 0 Å². The van der Waals surface area contributed by atoms with E-state index in [4.69, 9.17) is 5.73 Å². The largest absolute Gasteiger partial charge is 0.330 e. The number of nitrogens with two attached hydrogens (primary N) is 1. The van der Waals surface area contributed by atoms with Crippen molar-refractivity contribution < 1.29 is 4.79 Å². The average Bonchev–Trinajstić information content (AvgIpc) is 3.18. The Hall–Kier alpha value is -1.70. The molecule has 0 radical (unpaired) electrons. The highest BCUT2D eigenvalue weighted by atomic mass is 79.9. The zero-order valence-electron chi connectivity index (χ0n) is 14.2. The molecule has 1 amide bonds. The quantitative estimate of drug-likeness (QED) is 0.615. The lowest BCUT2D eigenvalue weighted by molar-refractivity contribution is -0.116. The van der Waals surface area contributed by atoms with Gasteiger partial charge in [-0.2, -0.15) is 5.10 Å². The van der Waals surface area contributed by atoms with Gasteiger partial charge in [0.05, 0.1) is 15.5 Å². The van der Waals surface area contributed by atoms with Gasteiger partial charge in [0, 0.05) is 40.9 Å². The minimum absolute atomic E-state index is 0.0289. The van der Waals surface area contributed by atoms with E-state index in [0.29, 0.717) is 13.0 Å². The Kier molecular flexibility index (Phi) is 5.56. The lowest BCUT2D eigenvalue weighted by atomic mass is 10.0. The number of fused-ring (bicyclic) bond motifs is 1. The fourth-order valence-electron chi connectivity index (χ4n) is 2.81. The number of amides is 1. The van der Waals surface area contributed by atoms with Crippen LogP contribution in [0.4, 0.5) is 5.69 Å². The summed E-state index contributed by atoms with van der Waals surface area (Å²) in [5.41, 5.74) is 7.67. The van der Waals surface area contributed by atoms with Crippen molar-refractivity contribution >= 4 is 49.8 Å². The summed E-state index contributed by atoms with van der Waals surface area (Å²) in [4.78, 5) is 13.6. The molecule has 0 fully saturated rings. The van der Waals surface area contributed by atoms with Crippen LogP contribution in [-0.4, -0.2) is 22.2 Å². The molecular formula is C18H21BrN4OS. The van der Waals surface area contributed by atoms with E-state index in [-0.39, 0.29) is 17.9 Å². The van der Waals surface area contributed by atoms with Gasteiger partial charge in [-0.05, 0) is 60.1 Å². The number of hydrogen-bond donors (Lipinski definition) is 2. The Balaban J connectivity index is 1.74. The summed E-state index contributed by atoms with van der Waals surface area (Å²) in [6, 6.07) is 10.1. The Bertz CT molecular complexity index is 886. The number of anilines is 1. The van der Waals surface area contributed by atoms with Gasteiger partial charge >= 0.3 is 0 Å². The molecule has 2 aromatic heterocycles. The zero-order chi connectivity index (χ0) is 18.0. The highest BCUT2D eigenvalue weighted by Crippen LogP contribution is 2.30. The molecule has 0 aliphatic carbocycles. The van der Waals surface area contributed by atoms with Crippen LogP contribution in [0.15, 0.2) is 40.3 Å². The van der Waals surface area contributed by atoms with Crippen molar-refractivity contribution in [3.8, 4) is 0 Å². The van der Waals surface area contributed by atoms with E-state index in [1.54, 1.807) is 11.3 Å². The zero-order valence-corrected chi connectivity index (χ0v) is 16.6. The summed E-state index contributed by atoms with van der Waals surface area (Å²) in [5, 5.41) is 8.46. The molecule has 3 aromatic rings. The molecule has 1 atom stereocenters. The predicted molar refractivity (Wildman–Crippen MR) is 107 cm³/mol. The van der Waals surface area contributed by atoms with Crippen molar-refractivity contribution in [2.45, 2.75) is 32.2 Å². The number of nitrogens with zero attached hydrogens (tertiary/aromatic N) is 2. The van der Waals surface area contributed by atoms with Crippen molar-refractivity contribution in [2.24, 2.45) is 5.73 Å². The summed E-state index contributed by atoms with van der Waals surface area (Å²) < 4.78 is 3.00. The maximum absolute atomic E-state index is 12.5. The van der Waals surface area contributed by atoms with E-state index in [2.05, 4.69) is 40.2 Å². The van der Waals surface area contributed by atoms with Crippen molar-refractivity contribution in [3.05, 3.63) is 45.2 Å². The fourth-order valence-corrected chi connectivity index (χ4v) is 4.35. The topological polar surface area (TPSA) is 72.9 Å². The molecule has 132 valence electrons. The molecule has 0 saturated heterocycles. The minimum atomic E-state index is -0.0325. The maximum Gasteiger partial charge on any atom is 0.225 e. The lowest BCUT2D eigenvalue weighted by Gasteiger charge is -2.13. The van der Waals surface area contributed by atoms with E-state index < -0.39 is 0 Å². The number of halogens is 1. The average molecular weight is 421 g/mol. The van der Waals surface area contributed by atoms with Gasteiger partial charge in [-0.1, -0.05) is 0 Å². The van der Waals surface area contributed by atoms with Gasteiger partial charge in [-0.15, -0.1) is 11.3 Å². The molecule has 0 spiro atoms. The third-order valence-electron chi connectivity index (χ3n) is 4.08. The van der Waals surface area contributed by atoms with Crippen LogP contribution >= 0.6 is 27.3 Å². The van der Waals surface area contributed by atoms with Gasteiger partial charge in [0.25, 0.3) is 0 Å². The minimum Gasteiger partial charge on any atom is -0.330 e. The summed E-state index contributed by atoms with van der Waals surface area (Å²) >= 11 is 5.08. The van der Waals surface area contributed by atoms with Crippen LogP contribution in [0.3, 0.4) is 0 Å². The number of nitrogens with one attached hydrogen (secondary N) is 1. The first-order valence-corrected chi connectivity index (χ1v) is 9.81. The molecule has 3 N–H and O–H groups in total. The predicted octanol–water partition coefficient (Wildman–Crippen LogP) is 4.51. The van der Waals surface area contributed by atoms with Gasteiger partial charge in [-0.3, -0.25) is 9.48 Å². The third kappa shape index (κ3) is 4.11. The normalized spacial score (nSPS) is 12.7. The molecule has 7 heteroatoms. The highest BCUT2D eigenvalue weighted by Gasteiger charge is 2.17. The molecule has 25 heavy (non-hydrogen) atoms. The molecule has 1 aromatic carbocycles. The molecule has 2 heterocycles. The molecule has 1 unspecified atom stereocenters. The van der Waals surface area contributed by atoms with Crippen molar-refractivity contribution in [1.29, 1.82) is 0 Å². The van der Waals surface area contributed by atoms with Crippen LogP contribution < -0.4 is 11.1 Å². The number of hydrogen-bond acceptors (Lipinski definition) is 4. The standard InChI is InChI=1S/C18H21BrN4OS/c1-11(2)23-15-8-14(4-3-12(15)10-21-23)22-18(24)7-13(9-20)16-5-6-17(19)25-16/h3-6,8,10-11,13H,7,9,20H2,1-2H3,(H,22,24). The summed E-state index contributed by atoms with van der Waals surface area (Å²) in [6.45, 7) is 4.62. The van der Waals surface area contributed by atoms with E-state index in [1.807, 2.05) is 41.2 Å². The molecular weight excluding hydrogens is 400 g/mol. The summed E-state index contributed by atoms with van der Waals surface area (Å²) in [5.74, 6) is -0.00356. The Morgan fingerprint density at radius 3 is 2.80 bits per heavy atom. The van der Waals surface area contributed by atoms with Crippen molar-refractivity contribution in [1.82, 2.24) is 9.78 Å². The Labute approximate surface area is 159 Å². The van der Waals surface area contributed by atoms with Gasteiger partial charge in [0.1, 0.15) is 0 Å². The van der Waals surface area contributed by atoms with Gasteiger partial charge in [0.15, 0.2) is 0 Å². The first-order chi connectivity index (χ1) is 12.0. The second kappa shape index (κ2) is 7.68. The highest BCUT2D eigenvalue weighted by molar-refractivity contribution is 9.11. The molecule has 5 nitrogen and oxygen atoms in total. The number of aromatic nitrogens is 2. The second-order valence-electron chi connectivity index (χ2n) is 6.28. The van der Waals surface area contributed by atoms with Crippen molar-refractivity contribution in [2.75, 3.05) is 11.9 Å². The number of rotatable bonds is 6. The van der Waals surface area contributed by atoms with Crippen LogP contribution in [0.1, 0.15) is 37.1 Å². The molecule has 0 bridgehead atoms. The van der Waals surface area contributed by atoms with Crippen molar-refractivity contribution in [3.63, 3.8) is 0 Å². The lowest BCUT2D eigenvalue weighted by Crippen LogP contribution is -2.20. The maximum atomic E-state index is 12.5. The van der Waals surface area contributed by atoms with Gasteiger partial charge < -0.3 is 11.1 Å². The van der Waals surface area contributed by atoms with E-state index >= 15 is 0 Å². The van der Waals surface area contributed by atoms with Crippen LogP contribution in [-0.2, 0) is 4.79 Å². The first kappa shape index (κ1) is 18.1. The van der Waals surface area contributed by atoms with Crippen LogP contribution in [0, 0.1) is 0 Å². The van der Waals surface area contributed by atoms with Crippen LogP contribution in [0.2, 0.25) is 0 Å². The number of benzene rings is 1. The van der Waals surface area contributed by atoms with Gasteiger partial charge in [-0.25, -0.2) is 0 Å². The van der Waals surface area contributed by atoms with Gasteiger partial charge in [0.2, 0.25) is 5.91 Å². The molecule has 0 saturated carbocycles.